The van der Waals surface area contributed by atoms with Gasteiger partial charge in [-0.25, -0.2) is 4.99 Å². The number of ether oxygens (including phenoxy) is 1. The summed E-state index contributed by atoms with van der Waals surface area (Å²) < 4.78 is 5.36. The van der Waals surface area contributed by atoms with Crippen LogP contribution in [0, 0.1) is 6.92 Å². The van der Waals surface area contributed by atoms with Crippen molar-refractivity contribution in [2.24, 2.45) is 4.99 Å². The average molecular weight is 348 g/mol. The Balaban J connectivity index is 1.89. The quantitative estimate of drug-likeness (QED) is 0.509. The van der Waals surface area contributed by atoms with Gasteiger partial charge in [0.05, 0.1) is 25.4 Å². The van der Waals surface area contributed by atoms with Crippen LogP contribution in [0.2, 0.25) is 0 Å². The molecule has 1 aliphatic rings. The molecular weight excluding hydrogens is 316 g/mol. The minimum Gasteiger partial charge on any atom is -0.387 e. The number of morpholine rings is 1. The molecule has 0 radical (unpaired) electrons. The van der Waals surface area contributed by atoms with Gasteiger partial charge in [0.1, 0.15) is 0 Å². The molecule has 1 aromatic carbocycles. The van der Waals surface area contributed by atoms with Gasteiger partial charge in [0.2, 0.25) is 0 Å². The molecule has 0 saturated carbocycles. The number of guanidine groups is 1. The van der Waals surface area contributed by atoms with Crippen molar-refractivity contribution >= 4 is 5.96 Å². The number of aliphatic hydroxyl groups is 1. The Hall–Kier alpha value is -1.63. The summed E-state index contributed by atoms with van der Waals surface area (Å²) in [6, 6.07) is 8.26. The van der Waals surface area contributed by atoms with Gasteiger partial charge in [-0.05, 0) is 31.9 Å². The fourth-order valence-electron chi connectivity index (χ4n) is 2.86. The van der Waals surface area contributed by atoms with E-state index in [1.54, 1.807) is 0 Å². The molecule has 1 aliphatic heterocycles. The molecule has 0 spiro atoms. The van der Waals surface area contributed by atoms with Crippen molar-refractivity contribution in [2.45, 2.75) is 32.9 Å². The van der Waals surface area contributed by atoms with Gasteiger partial charge < -0.3 is 20.5 Å². The third-order valence-corrected chi connectivity index (χ3v) is 4.32. The van der Waals surface area contributed by atoms with Crippen molar-refractivity contribution in [3.8, 4) is 0 Å². The summed E-state index contributed by atoms with van der Waals surface area (Å²) in [7, 11) is 0. The Morgan fingerprint density at radius 2 is 2.00 bits per heavy atom. The van der Waals surface area contributed by atoms with Crippen LogP contribution >= 0.6 is 0 Å². The van der Waals surface area contributed by atoms with E-state index < -0.39 is 5.60 Å². The first kappa shape index (κ1) is 19.7. The molecule has 1 saturated heterocycles. The maximum atomic E-state index is 10.7. The van der Waals surface area contributed by atoms with E-state index in [0.29, 0.717) is 19.6 Å². The first-order valence-electron chi connectivity index (χ1n) is 9.09. The molecule has 1 atom stereocenters. The summed E-state index contributed by atoms with van der Waals surface area (Å²) >= 11 is 0. The Morgan fingerprint density at radius 1 is 1.28 bits per heavy atom. The van der Waals surface area contributed by atoms with E-state index in [1.807, 2.05) is 26.0 Å². The summed E-state index contributed by atoms with van der Waals surface area (Å²) in [6.45, 7) is 11.7. The lowest BCUT2D eigenvalue weighted by molar-refractivity contribution is -0.0201. The highest BCUT2D eigenvalue weighted by molar-refractivity contribution is 5.79. The number of nitrogens with one attached hydrogen (secondary N) is 2. The number of rotatable bonds is 7. The standard InChI is InChI=1S/C19H32N4O2/c1-4-20-18(21-13-17-8-6-5-7-16(17)2)22-14-19(3,24)15-23-9-11-25-12-10-23/h5-8,24H,4,9-15H2,1-3H3,(H2,20,21,22). The zero-order valence-corrected chi connectivity index (χ0v) is 15.7. The first-order valence-corrected chi connectivity index (χ1v) is 9.09. The van der Waals surface area contributed by atoms with Crippen molar-refractivity contribution < 1.29 is 9.84 Å². The van der Waals surface area contributed by atoms with Crippen molar-refractivity contribution in [1.82, 2.24) is 15.5 Å². The second kappa shape index (κ2) is 9.75. The fraction of sp³-hybridized carbons (Fsp3) is 0.632. The minimum atomic E-state index is -0.823. The van der Waals surface area contributed by atoms with Gasteiger partial charge >= 0.3 is 0 Å². The van der Waals surface area contributed by atoms with Gasteiger partial charge in [-0.1, -0.05) is 24.3 Å². The molecule has 25 heavy (non-hydrogen) atoms. The highest BCUT2D eigenvalue weighted by Gasteiger charge is 2.25. The second-order valence-electron chi connectivity index (χ2n) is 6.86. The molecular formula is C19H32N4O2. The number of hydrogen-bond donors (Lipinski definition) is 3. The average Bonchev–Trinajstić information content (AvgIpc) is 2.59. The largest absolute Gasteiger partial charge is 0.387 e. The van der Waals surface area contributed by atoms with E-state index in [0.717, 1.165) is 38.8 Å². The summed E-state index contributed by atoms with van der Waals surface area (Å²) in [5.74, 6) is 0.730. The van der Waals surface area contributed by atoms with Gasteiger partial charge in [0, 0.05) is 32.7 Å². The van der Waals surface area contributed by atoms with E-state index in [4.69, 9.17) is 4.74 Å². The van der Waals surface area contributed by atoms with Crippen molar-refractivity contribution in [2.75, 3.05) is 45.9 Å². The lowest BCUT2D eigenvalue weighted by Crippen LogP contribution is -2.52. The zero-order valence-electron chi connectivity index (χ0n) is 15.7. The molecule has 6 heteroatoms. The summed E-state index contributed by atoms with van der Waals surface area (Å²) in [5, 5.41) is 17.2. The molecule has 0 amide bonds. The van der Waals surface area contributed by atoms with Crippen LogP contribution in [0.3, 0.4) is 0 Å². The third kappa shape index (κ3) is 7.02. The van der Waals surface area contributed by atoms with E-state index in [1.165, 1.54) is 11.1 Å². The smallest absolute Gasteiger partial charge is 0.191 e. The molecule has 0 aromatic heterocycles. The molecule has 3 N–H and O–H groups in total. The van der Waals surface area contributed by atoms with Gasteiger partial charge in [0.15, 0.2) is 5.96 Å². The van der Waals surface area contributed by atoms with Crippen LogP contribution < -0.4 is 10.6 Å². The van der Waals surface area contributed by atoms with Gasteiger partial charge in [-0.15, -0.1) is 0 Å². The van der Waals surface area contributed by atoms with Gasteiger partial charge in [0.25, 0.3) is 0 Å². The number of hydrogen-bond acceptors (Lipinski definition) is 4. The maximum Gasteiger partial charge on any atom is 0.191 e. The predicted molar refractivity (Wildman–Crippen MR) is 102 cm³/mol. The van der Waals surface area contributed by atoms with Crippen molar-refractivity contribution in [3.05, 3.63) is 35.4 Å². The van der Waals surface area contributed by atoms with Crippen LogP contribution in [-0.2, 0) is 11.3 Å². The molecule has 1 aromatic rings. The molecule has 0 aliphatic carbocycles. The minimum absolute atomic E-state index is 0.448. The topological polar surface area (TPSA) is 69.1 Å². The molecule has 140 valence electrons. The van der Waals surface area contributed by atoms with Crippen LogP contribution in [0.1, 0.15) is 25.0 Å². The summed E-state index contributed by atoms with van der Waals surface area (Å²) in [5.41, 5.74) is 1.62. The molecule has 0 bridgehead atoms. The van der Waals surface area contributed by atoms with E-state index in [-0.39, 0.29) is 0 Å². The number of nitrogens with zero attached hydrogens (tertiary/aromatic N) is 2. The van der Waals surface area contributed by atoms with E-state index in [9.17, 15) is 5.11 Å². The number of benzene rings is 1. The highest BCUT2D eigenvalue weighted by Crippen LogP contribution is 2.09. The van der Waals surface area contributed by atoms with Crippen molar-refractivity contribution in [1.29, 1.82) is 0 Å². The van der Waals surface area contributed by atoms with Crippen LogP contribution in [0.25, 0.3) is 0 Å². The van der Waals surface area contributed by atoms with Gasteiger partial charge in [-0.3, -0.25) is 4.90 Å². The monoisotopic (exact) mass is 348 g/mol. The third-order valence-electron chi connectivity index (χ3n) is 4.32. The Labute approximate surface area is 151 Å². The Morgan fingerprint density at radius 3 is 2.68 bits per heavy atom. The summed E-state index contributed by atoms with van der Waals surface area (Å²) in [6.07, 6.45) is 0. The van der Waals surface area contributed by atoms with Crippen LogP contribution in [0.5, 0.6) is 0 Å². The van der Waals surface area contributed by atoms with E-state index in [2.05, 4.69) is 39.6 Å². The van der Waals surface area contributed by atoms with Crippen LogP contribution in [0.4, 0.5) is 0 Å². The number of aryl methyl sites for hydroxylation is 1. The highest BCUT2D eigenvalue weighted by atomic mass is 16.5. The lowest BCUT2D eigenvalue weighted by Gasteiger charge is -2.34. The van der Waals surface area contributed by atoms with Gasteiger partial charge in [-0.2, -0.15) is 0 Å². The fourth-order valence-corrected chi connectivity index (χ4v) is 2.86. The molecule has 1 fully saturated rings. The maximum absolute atomic E-state index is 10.7. The Bertz CT molecular complexity index is 554. The molecule has 2 rings (SSSR count). The van der Waals surface area contributed by atoms with Crippen LogP contribution in [-0.4, -0.2) is 67.5 Å². The molecule has 6 nitrogen and oxygen atoms in total. The SMILES string of the molecule is CCNC(=NCc1ccccc1C)NCC(C)(O)CN1CCOCC1. The normalized spacial score (nSPS) is 18.6. The van der Waals surface area contributed by atoms with E-state index >= 15 is 0 Å². The number of β-amino-alcohol motifs (C(OH)–C–C–N with tert-alkyl or cyclic N) is 1. The molecule has 1 unspecified atom stereocenters. The summed E-state index contributed by atoms with van der Waals surface area (Å²) in [4.78, 5) is 6.88. The number of aliphatic imine (C=N–C) groups is 1. The predicted octanol–water partition coefficient (Wildman–Crippen LogP) is 1.13. The zero-order chi connectivity index (χ0) is 18.1. The first-order chi connectivity index (χ1) is 12.0. The Kier molecular flexibility index (Phi) is 7.68. The molecule has 1 heterocycles. The second-order valence-corrected chi connectivity index (χ2v) is 6.86. The lowest BCUT2D eigenvalue weighted by atomic mass is 10.1. The van der Waals surface area contributed by atoms with Crippen molar-refractivity contribution in [3.63, 3.8) is 0 Å². The van der Waals surface area contributed by atoms with Crippen LogP contribution in [0.15, 0.2) is 29.3 Å².